The van der Waals surface area contributed by atoms with Crippen LogP contribution in [0.15, 0.2) is 243 Å². The van der Waals surface area contributed by atoms with Gasteiger partial charge in [0.15, 0.2) is 0 Å². The van der Waals surface area contributed by atoms with Crippen LogP contribution in [0.2, 0.25) is 0 Å². The number of nitriles is 2. The van der Waals surface area contributed by atoms with Crippen LogP contribution in [-0.4, -0.2) is 9.13 Å². The molecule has 13 aromatic rings. The fourth-order valence-corrected chi connectivity index (χ4v) is 12.0. The number of nitrogens with zero attached hydrogens (tertiary/aromatic N) is 5. The molecule has 2 heterocycles. The Morgan fingerprint density at radius 3 is 1.12 bits per heavy atom. The van der Waals surface area contributed by atoms with E-state index in [9.17, 15) is 17.1 Å². The highest BCUT2D eigenvalue weighted by molar-refractivity contribution is 6.14. The van der Waals surface area contributed by atoms with Crippen molar-refractivity contribution in [2.45, 2.75) is 5.92 Å². The highest BCUT2D eigenvalue weighted by atomic mass is 15.0. The summed E-state index contributed by atoms with van der Waals surface area (Å²) in [5.74, 6) is -0.566. The number of fused-ring (bicyclic) bond motifs is 9. The molecule has 0 saturated carbocycles. The summed E-state index contributed by atoms with van der Waals surface area (Å²) in [5.41, 5.74) is 18.3. The first kappa shape index (κ1) is 43.3. The SMILES string of the molecule is [C-]#[N+]c1c(C2c3ccc(-c4ccccc4)cc3-c3cc(-c4ccccc4)ccc32)c(C#N)c(-n2c3ccc(-c4ccccc4)cc3c3cc(-c4ccccc4)ccc32)c(C#N)c1-n1c2ccccc2c2ccccc21. The monoisotopic (exact) mass is 951 g/mol. The van der Waals surface area contributed by atoms with Crippen LogP contribution in [0.25, 0.3) is 115 Å². The third-order valence-electron chi connectivity index (χ3n) is 15.3. The lowest BCUT2D eigenvalue weighted by Gasteiger charge is -2.26. The first-order valence-electron chi connectivity index (χ1n) is 25.1. The Hall–Kier alpha value is -10.5. The van der Waals surface area contributed by atoms with Crippen LogP contribution in [0, 0.1) is 29.2 Å². The van der Waals surface area contributed by atoms with Gasteiger partial charge in [0.25, 0.3) is 0 Å². The van der Waals surface area contributed by atoms with E-state index < -0.39 is 5.92 Å². The van der Waals surface area contributed by atoms with E-state index in [0.717, 1.165) is 110 Å². The van der Waals surface area contributed by atoms with Crippen molar-refractivity contribution in [1.29, 1.82) is 10.5 Å². The normalized spacial score (nSPS) is 11.9. The molecule has 0 atom stereocenters. The maximum Gasteiger partial charge on any atom is 0.217 e. The van der Waals surface area contributed by atoms with E-state index in [-0.39, 0.29) is 16.8 Å². The van der Waals surface area contributed by atoms with E-state index in [1.807, 2.05) is 48.5 Å². The van der Waals surface area contributed by atoms with Crippen LogP contribution >= 0.6 is 0 Å². The van der Waals surface area contributed by atoms with Gasteiger partial charge in [-0.3, -0.25) is 0 Å². The fraction of sp³-hybridized carbons (Fsp3) is 0.0143. The van der Waals surface area contributed by atoms with Gasteiger partial charge in [-0.05, 0) is 121 Å². The van der Waals surface area contributed by atoms with E-state index in [0.29, 0.717) is 16.9 Å². The van der Waals surface area contributed by atoms with Crippen molar-refractivity contribution in [2.75, 3.05) is 0 Å². The Morgan fingerprint density at radius 1 is 0.347 bits per heavy atom. The lowest BCUT2D eigenvalue weighted by molar-refractivity contribution is 0.992. The summed E-state index contributed by atoms with van der Waals surface area (Å²) in [4.78, 5) is 4.53. The van der Waals surface area contributed by atoms with Crippen molar-refractivity contribution in [1.82, 2.24) is 9.13 Å². The quantitative estimate of drug-likeness (QED) is 0.149. The molecule has 0 N–H and O–H groups in total. The topological polar surface area (TPSA) is 61.8 Å². The number of rotatable bonds is 7. The van der Waals surface area contributed by atoms with Gasteiger partial charge in [0.1, 0.15) is 12.1 Å². The summed E-state index contributed by atoms with van der Waals surface area (Å²) in [7, 11) is 0. The van der Waals surface area contributed by atoms with Gasteiger partial charge < -0.3 is 9.13 Å². The summed E-state index contributed by atoms with van der Waals surface area (Å²) in [6, 6.07) is 89.6. The largest absolute Gasteiger partial charge is 0.318 e. The summed E-state index contributed by atoms with van der Waals surface area (Å²) >= 11 is 0. The van der Waals surface area contributed by atoms with Gasteiger partial charge in [0, 0.05) is 27.5 Å². The van der Waals surface area contributed by atoms with Gasteiger partial charge >= 0.3 is 0 Å². The lowest BCUT2D eigenvalue weighted by Crippen LogP contribution is -2.13. The molecule has 11 aromatic carbocycles. The molecule has 0 radical (unpaired) electrons. The summed E-state index contributed by atoms with van der Waals surface area (Å²) < 4.78 is 4.24. The van der Waals surface area contributed by atoms with E-state index >= 15 is 0 Å². The zero-order chi connectivity index (χ0) is 50.1. The molecule has 1 aliphatic rings. The first-order valence-corrected chi connectivity index (χ1v) is 25.1. The van der Waals surface area contributed by atoms with Gasteiger partial charge in [0.05, 0.1) is 51.1 Å². The van der Waals surface area contributed by atoms with Gasteiger partial charge in [-0.1, -0.05) is 194 Å². The second-order valence-corrected chi connectivity index (χ2v) is 19.2. The molecule has 14 rings (SSSR count). The van der Waals surface area contributed by atoms with Crippen molar-refractivity contribution in [3.63, 3.8) is 0 Å². The van der Waals surface area contributed by atoms with E-state index in [1.54, 1.807) is 0 Å². The Bertz CT molecular complexity index is 4360. The molecular weight excluding hydrogens is 911 g/mol. The van der Waals surface area contributed by atoms with Crippen LogP contribution < -0.4 is 0 Å². The van der Waals surface area contributed by atoms with Crippen LogP contribution in [-0.2, 0) is 0 Å². The third kappa shape index (κ3) is 6.69. The smallest absolute Gasteiger partial charge is 0.217 e. The van der Waals surface area contributed by atoms with Crippen molar-refractivity contribution in [3.8, 4) is 79.1 Å². The summed E-state index contributed by atoms with van der Waals surface area (Å²) in [6.07, 6.45) is 0. The van der Waals surface area contributed by atoms with Crippen molar-refractivity contribution >= 4 is 49.3 Å². The van der Waals surface area contributed by atoms with Crippen molar-refractivity contribution in [2.24, 2.45) is 0 Å². The second-order valence-electron chi connectivity index (χ2n) is 19.2. The first-order chi connectivity index (χ1) is 37.1. The molecule has 346 valence electrons. The number of hydrogen-bond donors (Lipinski definition) is 0. The van der Waals surface area contributed by atoms with Crippen molar-refractivity contribution in [3.05, 3.63) is 282 Å². The van der Waals surface area contributed by atoms with Crippen molar-refractivity contribution < 1.29 is 0 Å². The summed E-state index contributed by atoms with van der Waals surface area (Å²) in [6.45, 7) is 9.42. The number of para-hydroxylation sites is 2. The van der Waals surface area contributed by atoms with Crippen LogP contribution in [0.1, 0.15) is 33.7 Å². The van der Waals surface area contributed by atoms with Gasteiger partial charge in [-0.15, -0.1) is 0 Å². The Labute approximate surface area is 433 Å². The van der Waals surface area contributed by atoms with Crippen LogP contribution in [0.3, 0.4) is 0 Å². The molecule has 5 nitrogen and oxygen atoms in total. The predicted molar refractivity (Wildman–Crippen MR) is 305 cm³/mol. The predicted octanol–water partition coefficient (Wildman–Crippen LogP) is 18.0. The standard InChI is InChI=1S/C70H41N5/c1-73-68-67(66-54-34-30-48(44-18-6-2-7-19-44)38-56(54)57-39-49(31-35-55(57)66)45-20-8-3-9-21-45)60(42-71)69(61(43-72)70(68)75-62-28-16-14-26-52(62)53-27-15-17-29-63(53)75)74-64-36-32-50(46-22-10-4-11-23-46)40-58(64)59-41-51(33-37-65(59)74)47-24-12-5-13-25-47/h2-41,66H. The lowest BCUT2D eigenvalue weighted by atomic mass is 9.82. The molecule has 5 heteroatoms. The number of aromatic nitrogens is 2. The molecule has 75 heavy (non-hydrogen) atoms. The fourth-order valence-electron chi connectivity index (χ4n) is 12.0. The summed E-state index contributed by atoms with van der Waals surface area (Å²) in [5, 5.41) is 28.2. The van der Waals surface area contributed by atoms with Gasteiger partial charge in [0.2, 0.25) is 5.69 Å². The zero-order valence-electron chi connectivity index (χ0n) is 40.4. The highest BCUT2D eigenvalue weighted by Gasteiger charge is 2.39. The second kappa shape index (κ2) is 17.4. The van der Waals surface area contributed by atoms with Gasteiger partial charge in [-0.25, -0.2) is 4.85 Å². The maximum absolute atomic E-state index is 12.2. The number of hydrogen-bond acceptors (Lipinski definition) is 2. The Morgan fingerprint density at radius 2 is 0.707 bits per heavy atom. The molecule has 0 amide bonds. The molecule has 0 fully saturated rings. The van der Waals surface area contributed by atoms with Gasteiger partial charge in [-0.2, -0.15) is 10.5 Å². The van der Waals surface area contributed by atoms with E-state index in [4.69, 9.17) is 0 Å². The number of benzene rings is 11. The Kier molecular flexibility index (Phi) is 10.0. The molecule has 1 aliphatic carbocycles. The molecular formula is C70H41N5. The maximum atomic E-state index is 12.2. The Balaban J connectivity index is 1.15. The molecule has 0 saturated heterocycles. The minimum absolute atomic E-state index is 0.239. The molecule has 2 aromatic heterocycles. The average molecular weight is 952 g/mol. The highest BCUT2D eigenvalue weighted by Crippen LogP contribution is 2.56. The molecule has 0 aliphatic heterocycles. The van der Waals surface area contributed by atoms with E-state index in [2.05, 4.69) is 220 Å². The molecule has 0 unspecified atom stereocenters. The van der Waals surface area contributed by atoms with E-state index in [1.165, 1.54) is 0 Å². The minimum atomic E-state index is -0.566. The molecule has 0 spiro atoms. The third-order valence-corrected chi connectivity index (χ3v) is 15.3. The van der Waals surface area contributed by atoms with Crippen LogP contribution in [0.4, 0.5) is 5.69 Å². The average Bonchev–Trinajstić information content (AvgIpc) is 4.16. The molecule has 0 bridgehead atoms. The minimum Gasteiger partial charge on any atom is -0.318 e. The van der Waals surface area contributed by atoms with Crippen LogP contribution in [0.5, 0.6) is 0 Å². The zero-order valence-corrected chi connectivity index (χ0v) is 40.4.